The molecule has 1 aliphatic carbocycles. The molecule has 6 heteroatoms. The van der Waals surface area contributed by atoms with Crippen molar-refractivity contribution in [1.29, 1.82) is 0 Å². The Kier molecular flexibility index (Phi) is 7.61. The van der Waals surface area contributed by atoms with Crippen LogP contribution in [0.5, 0.6) is 0 Å². The lowest BCUT2D eigenvalue weighted by atomic mass is 9.93. The Labute approximate surface area is 194 Å². The Morgan fingerprint density at radius 2 is 1.84 bits per heavy atom. The first-order valence-electron chi connectivity index (χ1n) is 12.0. The minimum Gasteiger partial charge on any atom is -0.330 e. The van der Waals surface area contributed by atoms with Crippen LogP contribution in [-0.4, -0.2) is 40.7 Å². The number of nitrogens with zero attached hydrogens (tertiary/aromatic N) is 2. The number of amides is 2. The van der Waals surface area contributed by atoms with Crippen LogP contribution >= 0.6 is 11.3 Å². The lowest BCUT2D eigenvalue weighted by molar-refractivity contribution is -0.142. The predicted molar refractivity (Wildman–Crippen MR) is 126 cm³/mol. The van der Waals surface area contributed by atoms with Crippen LogP contribution in [0.2, 0.25) is 0 Å². The molecular weight excluding hydrogens is 423 g/mol. The summed E-state index contributed by atoms with van der Waals surface area (Å²) >= 11 is 1.71. The van der Waals surface area contributed by atoms with Gasteiger partial charge in [0.2, 0.25) is 11.8 Å². The number of thiophene rings is 1. The molecule has 32 heavy (non-hydrogen) atoms. The average molecular weight is 457 g/mol. The van der Waals surface area contributed by atoms with Gasteiger partial charge >= 0.3 is 0 Å². The van der Waals surface area contributed by atoms with Crippen LogP contribution in [0, 0.1) is 5.82 Å². The molecule has 0 bridgehead atoms. The zero-order valence-electron chi connectivity index (χ0n) is 18.9. The van der Waals surface area contributed by atoms with Gasteiger partial charge in [0.25, 0.3) is 0 Å². The highest BCUT2D eigenvalue weighted by Gasteiger charge is 2.37. The summed E-state index contributed by atoms with van der Waals surface area (Å²) < 4.78 is 13.5. The largest absolute Gasteiger partial charge is 0.330 e. The van der Waals surface area contributed by atoms with Gasteiger partial charge in [0, 0.05) is 23.9 Å². The molecule has 2 heterocycles. The fourth-order valence-corrected chi connectivity index (χ4v) is 5.56. The number of benzene rings is 1. The molecule has 1 saturated carbocycles. The standard InChI is InChI=1S/C26H33FN2O2S/c1-2-3-4-5-6-7-24(30)29(21-12-13-21)18-25(31)28-16-14-23-22(15-17-32-23)26(28)19-8-10-20(27)11-9-19/h8-11,15,17,21,26H,2-7,12-14,16,18H2,1H3. The first-order valence-corrected chi connectivity index (χ1v) is 12.9. The molecule has 0 radical (unpaired) electrons. The zero-order valence-corrected chi connectivity index (χ0v) is 19.7. The van der Waals surface area contributed by atoms with Crippen molar-refractivity contribution >= 4 is 23.2 Å². The molecule has 0 saturated heterocycles. The van der Waals surface area contributed by atoms with Crippen LogP contribution in [0.15, 0.2) is 35.7 Å². The maximum atomic E-state index is 13.5. The van der Waals surface area contributed by atoms with Crippen LogP contribution in [0.1, 0.15) is 80.3 Å². The van der Waals surface area contributed by atoms with Crippen LogP contribution in [0.3, 0.4) is 0 Å². The summed E-state index contributed by atoms with van der Waals surface area (Å²) in [5.41, 5.74) is 2.04. The van der Waals surface area contributed by atoms with E-state index in [2.05, 4.69) is 18.4 Å². The number of carbonyl (C=O) groups is 2. The van der Waals surface area contributed by atoms with Gasteiger partial charge in [-0.1, -0.05) is 44.7 Å². The number of fused-ring (bicyclic) bond motifs is 1. The molecule has 4 nitrogen and oxygen atoms in total. The summed E-state index contributed by atoms with van der Waals surface area (Å²) in [6.45, 7) is 2.96. The second kappa shape index (κ2) is 10.6. The number of hydrogen-bond acceptors (Lipinski definition) is 3. The van der Waals surface area contributed by atoms with Gasteiger partial charge in [0.05, 0.1) is 6.04 Å². The monoisotopic (exact) mass is 456 g/mol. The van der Waals surface area contributed by atoms with Gasteiger partial charge in [-0.25, -0.2) is 4.39 Å². The second-order valence-electron chi connectivity index (χ2n) is 9.01. The highest BCUT2D eigenvalue weighted by Crippen LogP contribution is 2.38. The molecule has 0 spiro atoms. The van der Waals surface area contributed by atoms with Gasteiger partial charge in [-0.05, 0) is 60.4 Å². The molecule has 1 aliphatic heterocycles. The summed E-state index contributed by atoms with van der Waals surface area (Å²) in [6.07, 6.45) is 8.88. The van der Waals surface area contributed by atoms with E-state index in [1.54, 1.807) is 23.5 Å². The molecule has 1 aromatic heterocycles. The third-order valence-electron chi connectivity index (χ3n) is 6.58. The summed E-state index contributed by atoms with van der Waals surface area (Å²) in [4.78, 5) is 31.4. The van der Waals surface area contributed by atoms with Crippen molar-refractivity contribution in [2.24, 2.45) is 0 Å². The maximum absolute atomic E-state index is 13.5. The fraction of sp³-hybridized carbons (Fsp3) is 0.538. The third-order valence-corrected chi connectivity index (χ3v) is 7.58. The van der Waals surface area contributed by atoms with Crippen molar-refractivity contribution in [3.05, 3.63) is 57.5 Å². The summed E-state index contributed by atoms with van der Waals surface area (Å²) in [7, 11) is 0. The summed E-state index contributed by atoms with van der Waals surface area (Å²) in [6, 6.07) is 8.53. The minimum absolute atomic E-state index is 0.0117. The van der Waals surface area contributed by atoms with E-state index in [1.165, 1.54) is 36.3 Å². The normalized spacial score (nSPS) is 17.8. The van der Waals surface area contributed by atoms with E-state index in [4.69, 9.17) is 0 Å². The number of carbonyl (C=O) groups excluding carboxylic acids is 2. The van der Waals surface area contributed by atoms with Gasteiger partial charge in [0.15, 0.2) is 0 Å². The molecule has 0 N–H and O–H groups in total. The molecule has 2 aromatic rings. The fourth-order valence-electron chi connectivity index (χ4n) is 4.66. The Balaban J connectivity index is 1.46. The molecule has 2 amide bonds. The van der Waals surface area contributed by atoms with E-state index in [0.29, 0.717) is 13.0 Å². The van der Waals surface area contributed by atoms with Crippen molar-refractivity contribution in [1.82, 2.24) is 9.80 Å². The lowest BCUT2D eigenvalue weighted by Gasteiger charge is -2.37. The second-order valence-corrected chi connectivity index (χ2v) is 10.0. The van der Waals surface area contributed by atoms with Gasteiger partial charge in [-0.3, -0.25) is 9.59 Å². The Morgan fingerprint density at radius 1 is 1.09 bits per heavy atom. The lowest BCUT2D eigenvalue weighted by Crippen LogP contribution is -2.47. The number of hydrogen-bond donors (Lipinski definition) is 0. The SMILES string of the molecule is CCCCCCCC(=O)N(CC(=O)N1CCc2sccc2C1c1ccc(F)cc1)C1CC1. The molecule has 1 fully saturated rings. The molecular formula is C26H33FN2O2S. The molecule has 1 aromatic carbocycles. The van der Waals surface area contributed by atoms with E-state index in [-0.39, 0.29) is 36.3 Å². The molecule has 2 aliphatic rings. The van der Waals surface area contributed by atoms with Crippen molar-refractivity contribution in [3.8, 4) is 0 Å². The van der Waals surface area contributed by atoms with E-state index < -0.39 is 0 Å². The quantitative estimate of drug-likeness (QED) is 0.430. The number of rotatable bonds is 10. The molecule has 1 unspecified atom stereocenters. The van der Waals surface area contributed by atoms with Gasteiger partial charge in [-0.2, -0.15) is 0 Å². The van der Waals surface area contributed by atoms with Crippen molar-refractivity contribution in [3.63, 3.8) is 0 Å². The Morgan fingerprint density at radius 3 is 2.56 bits per heavy atom. The average Bonchev–Trinajstić information content (AvgIpc) is 3.52. The predicted octanol–water partition coefficient (Wildman–Crippen LogP) is 5.71. The van der Waals surface area contributed by atoms with Crippen LogP contribution < -0.4 is 0 Å². The Hall–Kier alpha value is -2.21. The zero-order chi connectivity index (χ0) is 22.5. The van der Waals surface area contributed by atoms with E-state index in [1.807, 2.05) is 9.80 Å². The van der Waals surface area contributed by atoms with E-state index >= 15 is 0 Å². The number of halogens is 1. The highest BCUT2D eigenvalue weighted by atomic mass is 32.1. The third kappa shape index (κ3) is 5.40. The molecule has 1 atom stereocenters. The van der Waals surface area contributed by atoms with Crippen molar-refractivity contribution < 1.29 is 14.0 Å². The molecule has 172 valence electrons. The van der Waals surface area contributed by atoms with Crippen molar-refractivity contribution in [2.75, 3.05) is 13.1 Å². The maximum Gasteiger partial charge on any atom is 0.243 e. The Bertz CT molecular complexity index is 922. The minimum atomic E-state index is -0.280. The van der Waals surface area contributed by atoms with Crippen LogP contribution in [0.4, 0.5) is 4.39 Å². The molecule has 4 rings (SSSR count). The summed E-state index contributed by atoms with van der Waals surface area (Å²) in [5.74, 6) is -0.177. The van der Waals surface area contributed by atoms with Crippen molar-refractivity contribution in [2.45, 2.75) is 76.8 Å². The van der Waals surface area contributed by atoms with E-state index in [0.717, 1.165) is 43.2 Å². The van der Waals surface area contributed by atoms with Crippen LogP contribution in [-0.2, 0) is 16.0 Å². The topological polar surface area (TPSA) is 40.6 Å². The highest BCUT2D eigenvalue weighted by molar-refractivity contribution is 7.10. The van der Waals surface area contributed by atoms with Gasteiger partial charge in [-0.15, -0.1) is 11.3 Å². The first kappa shape index (κ1) is 23.0. The van der Waals surface area contributed by atoms with E-state index in [9.17, 15) is 14.0 Å². The first-order chi connectivity index (χ1) is 15.6. The number of unbranched alkanes of at least 4 members (excludes halogenated alkanes) is 4. The van der Waals surface area contributed by atoms with Gasteiger partial charge in [0.1, 0.15) is 12.4 Å². The summed E-state index contributed by atoms with van der Waals surface area (Å²) in [5, 5.41) is 2.06. The smallest absolute Gasteiger partial charge is 0.243 e. The van der Waals surface area contributed by atoms with Gasteiger partial charge < -0.3 is 9.80 Å². The van der Waals surface area contributed by atoms with Crippen LogP contribution in [0.25, 0.3) is 0 Å².